The van der Waals surface area contributed by atoms with Crippen molar-refractivity contribution in [1.29, 1.82) is 5.26 Å². The van der Waals surface area contributed by atoms with Crippen LogP contribution in [0.4, 0.5) is 4.39 Å². The Labute approximate surface area is 208 Å². The number of nitriles is 1. The average Bonchev–Trinajstić information content (AvgIpc) is 3.34. The summed E-state index contributed by atoms with van der Waals surface area (Å²) in [6, 6.07) is 5.00. The summed E-state index contributed by atoms with van der Waals surface area (Å²) >= 11 is 1.09. The monoisotopic (exact) mass is 528 g/mol. The third-order valence-electron chi connectivity index (χ3n) is 6.43. The van der Waals surface area contributed by atoms with Crippen molar-refractivity contribution in [3.05, 3.63) is 29.8 Å². The first-order valence-corrected chi connectivity index (χ1v) is 13.3. The molecule has 1 N–H and O–H groups in total. The number of aliphatic hydroxyl groups is 1. The fraction of sp³-hybridized carbons (Fsp3) is 0.636. The molecule has 1 aliphatic rings. The summed E-state index contributed by atoms with van der Waals surface area (Å²) in [7, 11) is -3.01. The SMILES string of the molecule is CCC(C)(C)C(=O)SCCO[PH](=O)OC[C@H]1O[C@@](C#N)(c2ccc3c(C)ncnn23)[C@](C)(F)[C@@H]1O. The summed E-state index contributed by atoms with van der Waals surface area (Å²) in [4.78, 5) is 16.2. The van der Waals surface area contributed by atoms with E-state index >= 15 is 4.39 Å². The fourth-order valence-electron chi connectivity index (χ4n) is 3.71. The summed E-state index contributed by atoms with van der Waals surface area (Å²) in [6.45, 7) is 8.00. The van der Waals surface area contributed by atoms with Crippen LogP contribution in [0.15, 0.2) is 18.5 Å². The van der Waals surface area contributed by atoms with Crippen LogP contribution in [0.25, 0.3) is 5.52 Å². The minimum absolute atomic E-state index is 0.0140. The Morgan fingerprint density at radius 3 is 2.83 bits per heavy atom. The summed E-state index contributed by atoms with van der Waals surface area (Å²) < 4.78 is 45.5. The number of hydrogen-bond donors (Lipinski definition) is 1. The molecule has 1 saturated heterocycles. The number of carbonyl (C=O) groups excluding carboxylic acids is 1. The van der Waals surface area contributed by atoms with Crippen LogP contribution in [0, 0.1) is 23.7 Å². The summed E-state index contributed by atoms with van der Waals surface area (Å²) in [5.74, 6) is 0.299. The molecule has 1 fully saturated rings. The average molecular weight is 529 g/mol. The van der Waals surface area contributed by atoms with Gasteiger partial charge in [-0.05, 0) is 32.4 Å². The molecule has 0 aromatic carbocycles. The van der Waals surface area contributed by atoms with Gasteiger partial charge in [0, 0.05) is 11.2 Å². The van der Waals surface area contributed by atoms with Gasteiger partial charge in [-0.2, -0.15) is 10.4 Å². The fourth-order valence-corrected chi connectivity index (χ4v) is 5.40. The number of aromatic nitrogens is 3. The molecule has 1 aliphatic heterocycles. The van der Waals surface area contributed by atoms with Crippen LogP contribution in [0.1, 0.15) is 45.5 Å². The van der Waals surface area contributed by atoms with Gasteiger partial charge < -0.3 is 18.9 Å². The van der Waals surface area contributed by atoms with E-state index in [1.165, 1.54) is 16.9 Å². The van der Waals surface area contributed by atoms with Gasteiger partial charge in [0.25, 0.3) is 0 Å². The van der Waals surface area contributed by atoms with Crippen LogP contribution < -0.4 is 0 Å². The highest BCUT2D eigenvalue weighted by molar-refractivity contribution is 8.13. The molecule has 3 heterocycles. The summed E-state index contributed by atoms with van der Waals surface area (Å²) in [5.41, 5.74) is -3.93. The Kier molecular flexibility index (Phi) is 8.41. The Morgan fingerprint density at radius 2 is 2.17 bits per heavy atom. The van der Waals surface area contributed by atoms with Gasteiger partial charge in [0.1, 0.15) is 24.6 Å². The molecule has 0 spiro atoms. The van der Waals surface area contributed by atoms with Gasteiger partial charge in [0.05, 0.1) is 30.1 Å². The highest BCUT2D eigenvalue weighted by Crippen LogP contribution is 2.50. The van der Waals surface area contributed by atoms with Gasteiger partial charge >= 0.3 is 8.25 Å². The molecule has 2 aromatic heterocycles. The maximum atomic E-state index is 15.9. The van der Waals surface area contributed by atoms with Gasteiger partial charge in [0.15, 0.2) is 10.8 Å². The Balaban J connectivity index is 1.64. The van der Waals surface area contributed by atoms with Crippen molar-refractivity contribution in [2.75, 3.05) is 19.0 Å². The molecule has 35 heavy (non-hydrogen) atoms. The highest BCUT2D eigenvalue weighted by atomic mass is 32.2. The number of carbonyl (C=O) groups is 1. The lowest BCUT2D eigenvalue weighted by atomic mass is 9.82. The molecular weight excluding hydrogens is 498 g/mol. The Bertz CT molecular complexity index is 1150. The van der Waals surface area contributed by atoms with Crippen molar-refractivity contribution in [2.24, 2.45) is 5.41 Å². The van der Waals surface area contributed by atoms with E-state index in [1.807, 2.05) is 26.8 Å². The largest absolute Gasteiger partial charge is 0.387 e. The Morgan fingerprint density at radius 1 is 1.46 bits per heavy atom. The summed E-state index contributed by atoms with van der Waals surface area (Å²) in [5, 5.41) is 24.8. The molecule has 3 rings (SSSR count). The molecule has 192 valence electrons. The second-order valence-electron chi connectivity index (χ2n) is 9.11. The highest BCUT2D eigenvalue weighted by Gasteiger charge is 2.67. The predicted octanol–water partition coefficient (Wildman–Crippen LogP) is 3.36. The van der Waals surface area contributed by atoms with Crippen LogP contribution in [0.5, 0.6) is 0 Å². The van der Waals surface area contributed by atoms with Gasteiger partial charge in [-0.25, -0.2) is 13.9 Å². The van der Waals surface area contributed by atoms with E-state index in [1.54, 1.807) is 13.0 Å². The number of aryl methyl sites for hydroxylation is 1. The minimum Gasteiger partial charge on any atom is -0.387 e. The van der Waals surface area contributed by atoms with Gasteiger partial charge in [-0.3, -0.25) is 9.36 Å². The number of rotatable bonds is 10. The first kappa shape index (κ1) is 27.7. The predicted molar refractivity (Wildman–Crippen MR) is 128 cm³/mol. The smallest absolute Gasteiger partial charge is 0.319 e. The van der Waals surface area contributed by atoms with Gasteiger partial charge in [-0.15, -0.1) is 0 Å². The van der Waals surface area contributed by atoms with Crippen molar-refractivity contribution in [3.63, 3.8) is 0 Å². The number of hydrogen-bond acceptors (Lipinski definition) is 10. The number of halogens is 1. The number of ether oxygens (including phenoxy) is 1. The molecule has 0 amide bonds. The van der Waals surface area contributed by atoms with Crippen molar-refractivity contribution in [3.8, 4) is 6.07 Å². The molecule has 0 aliphatic carbocycles. The minimum atomic E-state index is -3.01. The van der Waals surface area contributed by atoms with E-state index in [4.69, 9.17) is 13.8 Å². The lowest BCUT2D eigenvalue weighted by Crippen LogP contribution is -2.48. The molecule has 5 atom stereocenters. The quantitative estimate of drug-likeness (QED) is 0.361. The molecule has 10 nitrogen and oxygen atoms in total. The van der Waals surface area contributed by atoms with E-state index in [0.29, 0.717) is 23.4 Å². The zero-order valence-electron chi connectivity index (χ0n) is 20.3. The molecular formula is C22H30FN4O6PS. The molecule has 0 bridgehead atoms. The molecule has 0 radical (unpaired) electrons. The summed E-state index contributed by atoms with van der Waals surface area (Å²) in [6.07, 6.45) is -1.07. The van der Waals surface area contributed by atoms with Crippen molar-refractivity contribution < 1.29 is 32.6 Å². The van der Waals surface area contributed by atoms with Crippen LogP contribution >= 0.6 is 20.0 Å². The lowest BCUT2D eigenvalue weighted by Gasteiger charge is -2.30. The van der Waals surface area contributed by atoms with E-state index < -0.39 is 43.8 Å². The van der Waals surface area contributed by atoms with E-state index in [2.05, 4.69) is 10.1 Å². The van der Waals surface area contributed by atoms with Crippen LogP contribution in [-0.4, -0.2) is 61.7 Å². The molecule has 2 aromatic rings. The van der Waals surface area contributed by atoms with Gasteiger partial charge in [-0.1, -0.05) is 32.5 Å². The number of aliphatic hydroxyl groups excluding tert-OH is 1. The van der Waals surface area contributed by atoms with E-state index in [-0.39, 0.29) is 17.4 Å². The topological polar surface area (TPSA) is 136 Å². The molecule has 13 heteroatoms. The van der Waals surface area contributed by atoms with E-state index in [0.717, 1.165) is 18.7 Å². The van der Waals surface area contributed by atoms with Crippen LogP contribution in [-0.2, 0) is 28.7 Å². The van der Waals surface area contributed by atoms with Crippen molar-refractivity contribution in [1.82, 2.24) is 14.6 Å². The second-order valence-corrected chi connectivity index (χ2v) is 11.3. The lowest BCUT2D eigenvalue weighted by molar-refractivity contribution is -0.118. The number of thioether (sulfide) groups is 1. The van der Waals surface area contributed by atoms with E-state index in [9.17, 15) is 19.7 Å². The normalized spacial score (nSPS) is 27.7. The van der Waals surface area contributed by atoms with Crippen LogP contribution in [0.3, 0.4) is 0 Å². The number of alkyl halides is 1. The standard InChI is InChI=1S/C22H30FN4O6PS/c1-6-20(3,4)19(29)35-10-9-31-34(30)32-11-16-18(28)21(5,23)22(12-24,33-16)17-8-7-15-14(2)25-13-26-27(15)17/h7-8,13,16,18,28,34H,6,9-11H2,1-5H3/t16-,18-,21-,22+/m1/s1. The first-order chi connectivity index (χ1) is 16.4. The molecule has 0 saturated carbocycles. The second kappa shape index (κ2) is 10.6. The maximum absolute atomic E-state index is 15.9. The third-order valence-corrected chi connectivity index (χ3v) is 8.45. The van der Waals surface area contributed by atoms with Crippen molar-refractivity contribution in [2.45, 2.75) is 64.5 Å². The number of nitrogens with zero attached hydrogens (tertiary/aromatic N) is 4. The maximum Gasteiger partial charge on any atom is 0.319 e. The third kappa shape index (κ3) is 5.17. The molecule has 1 unspecified atom stereocenters. The Hall–Kier alpha value is -1.87. The first-order valence-electron chi connectivity index (χ1n) is 11.1. The number of fused-ring (bicyclic) bond motifs is 1. The zero-order valence-corrected chi connectivity index (χ0v) is 22.1. The van der Waals surface area contributed by atoms with Crippen LogP contribution in [0.2, 0.25) is 0 Å². The van der Waals surface area contributed by atoms with Crippen molar-refractivity contribution >= 4 is 30.6 Å². The zero-order chi connectivity index (χ0) is 26.0. The van der Waals surface area contributed by atoms with Gasteiger partial charge in [0.2, 0.25) is 5.60 Å².